The van der Waals surface area contributed by atoms with E-state index in [1.165, 1.54) is 0 Å². The van der Waals surface area contributed by atoms with Gasteiger partial charge in [0.1, 0.15) is 26.4 Å². The van der Waals surface area contributed by atoms with Crippen LogP contribution in [0, 0.1) is 0 Å². The Balaban J connectivity index is 3.65. The number of hydrogen-bond donors (Lipinski definition) is 4. The Labute approximate surface area is 147 Å². The zero-order valence-corrected chi connectivity index (χ0v) is 15.1. The molecule has 144 valence electrons. The number of nitrogens with one attached hydrogen (secondary N) is 4. The first-order chi connectivity index (χ1) is 11.7. The molecule has 0 aromatic heterocycles. The van der Waals surface area contributed by atoms with Crippen molar-refractivity contribution in [1.29, 1.82) is 0 Å². The molecule has 4 amide bonds. The van der Waals surface area contributed by atoms with E-state index in [0.29, 0.717) is 0 Å². The summed E-state index contributed by atoms with van der Waals surface area (Å²) < 4.78 is 9.87. The normalized spacial score (nSPS) is 10.5. The molecule has 0 aliphatic heterocycles. The molecule has 10 heteroatoms. The minimum Gasteiger partial charge on any atom is -0.362 e. The number of amides is 4. The topological polar surface area (TPSA) is 135 Å². The van der Waals surface area contributed by atoms with Crippen LogP contribution in [-0.4, -0.2) is 68.8 Å². The highest BCUT2D eigenvalue weighted by atomic mass is 16.5. The zero-order valence-electron chi connectivity index (χ0n) is 15.1. The van der Waals surface area contributed by atoms with E-state index in [1.54, 1.807) is 0 Å². The minimum atomic E-state index is -0.477. The van der Waals surface area contributed by atoms with Crippen LogP contribution in [0.2, 0.25) is 0 Å². The summed E-state index contributed by atoms with van der Waals surface area (Å²) in [6, 6.07) is -0.00221. The van der Waals surface area contributed by atoms with Gasteiger partial charge in [0.05, 0.1) is 6.67 Å². The zero-order chi connectivity index (χ0) is 19.2. The average Bonchev–Trinajstić information content (AvgIpc) is 2.45. The van der Waals surface area contributed by atoms with Crippen LogP contribution in [-0.2, 0) is 28.7 Å². The van der Waals surface area contributed by atoms with Gasteiger partial charge in [0.15, 0.2) is 0 Å². The van der Waals surface area contributed by atoms with Crippen LogP contribution in [0.4, 0.5) is 0 Å². The molecule has 0 atom stereocenters. The van der Waals surface area contributed by atoms with E-state index in [-0.39, 0.29) is 57.0 Å². The molecule has 0 unspecified atom stereocenters. The van der Waals surface area contributed by atoms with E-state index >= 15 is 0 Å². The summed E-state index contributed by atoms with van der Waals surface area (Å²) >= 11 is 0. The van der Waals surface area contributed by atoms with Gasteiger partial charge in [-0.1, -0.05) is 0 Å². The number of carbonyl (C=O) groups excluding carboxylic acids is 4. The Hall–Kier alpha value is -2.20. The van der Waals surface area contributed by atoms with Gasteiger partial charge in [-0.05, 0) is 27.7 Å². The van der Waals surface area contributed by atoms with Crippen LogP contribution >= 0.6 is 0 Å². The summed E-state index contributed by atoms with van der Waals surface area (Å²) in [5.41, 5.74) is 0. The molecule has 0 fully saturated rings. The van der Waals surface area contributed by atoms with Crippen molar-refractivity contribution in [2.24, 2.45) is 0 Å². The third-order valence-electron chi connectivity index (χ3n) is 2.40. The maximum absolute atomic E-state index is 11.4. The molecule has 0 aromatic rings. The molecule has 0 spiro atoms. The van der Waals surface area contributed by atoms with Crippen molar-refractivity contribution in [2.75, 3.05) is 33.1 Å². The Morgan fingerprint density at radius 1 is 0.640 bits per heavy atom. The molecule has 0 bridgehead atoms. The molecule has 10 nitrogen and oxygen atoms in total. The van der Waals surface area contributed by atoms with Crippen molar-refractivity contribution in [2.45, 2.75) is 39.8 Å². The summed E-state index contributed by atoms with van der Waals surface area (Å²) in [7, 11) is 0. The number of ether oxygens (including phenoxy) is 2. The fourth-order valence-electron chi connectivity index (χ4n) is 1.54. The number of carbonyl (C=O) groups is 4. The Kier molecular flexibility index (Phi) is 12.0. The highest BCUT2D eigenvalue weighted by molar-refractivity contribution is 5.81. The first kappa shape index (κ1) is 22.8. The van der Waals surface area contributed by atoms with Crippen molar-refractivity contribution in [1.82, 2.24) is 21.3 Å². The summed E-state index contributed by atoms with van der Waals surface area (Å²) in [6.07, 6.45) is 0. The minimum absolute atomic E-state index is 0.00111. The fourth-order valence-corrected chi connectivity index (χ4v) is 1.54. The van der Waals surface area contributed by atoms with Crippen LogP contribution in [0.25, 0.3) is 0 Å². The lowest BCUT2D eigenvalue weighted by atomic mass is 10.4. The Bertz CT molecular complexity index is 413. The van der Waals surface area contributed by atoms with E-state index < -0.39 is 11.8 Å². The van der Waals surface area contributed by atoms with Gasteiger partial charge in [0, 0.05) is 12.1 Å². The standard InChI is InChI=1S/C15H28N4O6/c1-10(2)18-14(22)7-24-5-12(20)16-9-17-13(21)6-25-8-15(23)19-11(3)4/h10-11H,5-9H2,1-4H3,(H,16,20)(H,17,21)(H,18,22)(H,19,23). The highest BCUT2D eigenvalue weighted by Crippen LogP contribution is 1.82. The van der Waals surface area contributed by atoms with Crippen LogP contribution in [0.1, 0.15) is 27.7 Å². The molecule has 0 saturated heterocycles. The second-order valence-corrected chi connectivity index (χ2v) is 5.81. The van der Waals surface area contributed by atoms with E-state index in [9.17, 15) is 19.2 Å². The quantitative estimate of drug-likeness (QED) is 0.305. The maximum Gasteiger partial charge on any atom is 0.247 e. The summed E-state index contributed by atoms with van der Waals surface area (Å²) in [4.78, 5) is 45.4. The molecule has 0 aliphatic rings. The van der Waals surface area contributed by atoms with Crippen molar-refractivity contribution in [3.05, 3.63) is 0 Å². The average molecular weight is 360 g/mol. The molecule has 0 heterocycles. The van der Waals surface area contributed by atoms with Crippen molar-refractivity contribution in [3.8, 4) is 0 Å². The van der Waals surface area contributed by atoms with E-state index in [0.717, 1.165) is 0 Å². The second-order valence-electron chi connectivity index (χ2n) is 5.81. The van der Waals surface area contributed by atoms with E-state index in [4.69, 9.17) is 9.47 Å². The molecular weight excluding hydrogens is 332 g/mol. The first-order valence-electron chi connectivity index (χ1n) is 7.98. The smallest absolute Gasteiger partial charge is 0.247 e. The van der Waals surface area contributed by atoms with Gasteiger partial charge in [-0.15, -0.1) is 0 Å². The molecule has 4 N–H and O–H groups in total. The second kappa shape index (κ2) is 13.1. The molecule has 0 saturated carbocycles. The monoisotopic (exact) mass is 360 g/mol. The van der Waals surface area contributed by atoms with Crippen LogP contribution in [0.5, 0.6) is 0 Å². The van der Waals surface area contributed by atoms with Gasteiger partial charge in [-0.25, -0.2) is 0 Å². The molecule has 0 rings (SSSR count). The van der Waals surface area contributed by atoms with Gasteiger partial charge in [0.2, 0.25) is 23.6 Å². The van der Waals surface area contributed by atoms with Crippen LogP contribution < -0.4 is 21.3 Å². The third-order valence-corrected chi connectivity index (χ3v) is 2.40. The predicted molar refractivity (Wildman–Crippen MR) is 89.3 cm³/mol. The molecule has 25 heavy (non-hydrogen) atoms. The van der Waals surface area contributed by atoms with Gasteiger partial charge >= 0.3 is 0 Å². The van der Waals surface area contributed by atoms with E-state index in [1.807, 2.05) is 27.7 Å². The van der Waals surface area contributed by atoms with Crippen LogP contribution in [0.15, 0.2) is 0 Å². The largest absolute Gasteiger partial charge is 0.362 e. The third kappa shape index (κ3) is 15.1. The summed E-state index contributed by atoms with van der Waals surface area (Å²) in [5.74, 6) is -1.57. The predicted octanol–water partition coefficient (Wildman–Crippen LogP) is -1.74. The van der Waals surface area contributed by atoms with Gasteiger partial charge < -0.3 is 30.7 Å². The number of rotatable bonds is 12. The van der Waals surface area contributed by atoms with Crippen LogP contribution in [0.3, 0.4) is 0 Å². The van der Waals surface area contributed by atoms with Crippen molar-refractivity contribution < 1.29 is 28.7 Å². The van der Waals surface area contributed by atoms with E-state index in [2.05, 4.69) is 21.3 Å². The van der Waals surface area contributed by atoms with Crippen molar-refractivity contribution >= 4 is 23.6 Å². The van der Waals surface area contributed by atoms with Gasteiger partial charge in [-0.2, -0.15) is 0 Å². The van der Waals surface area contributed by atoms with Crippen molar-refractivity contribution in [3.63, 3.8) is 0 Å². The Morgan fingerprint density at radius 2 is 0.960 bits per heavy atom. The fraction of sp³-hybridized carbons (Fsp3) is 0.733. The lowest BCUT2D eigenvalue weighted by Crippen LogP contribution is -2.41. The number of hydrogen-bond acceptors (Lipinski definition) is 6. The summed E-state index contributed by atoms with van der Waals surface area (Å²) in [6.45, 7) is 6.11. The molecule has 0 aromatic carbocycles. The molecule has 0 aliphatic carbocycles. The van der Waals surface area contributed by atoms with Gasteiger partial charge in [-0.3, -0.25) is 19.2 Å². The summed E-state index contributed by atoms with van der Waals surface area (Å²) in [5, 5.41) is 10.0. The molecular formula is C15H28N4O6. The lowest BCUT2D eigenvalue weighted by molar-refractivity contribution is -0.131. The van der Waals surface area contributed by atoms with Gasteiger partial charge in [0.25, 0.3) is 0 Å². The highest BCUT2D eigenvalue weighted by Gasteiger charge is 2.08. The molecule has 0 radical (unpaired) electrons. The maximum atomic E-state index is 11.4. The Morgan fingerprint density at radius 3 is 1.28 bits per heavy atom. The SMILES string of the molecule is CC(C)NC(=O)COCC(=O)NCNC(=O)COCC(=O)NC(C)C. The first-order valence-corrected chi connectivity index (χ1v) is 7.98. The lowest BCUT2D eigenvalue weighted by Gasteiger charge is -2.10.